The zero-order valence-corrected chi connectivity index (χ0v) is 14.6. The Kier molecular flexibility index (Phi) is 6.33. The molecule has 106 valence electrons. The molecule has 1 aromatic carbocycles. The minimum Gasteiger partial charge on any atom is -0.309 e. The molecule has 1 saturated heterocycles. The van der Waals surface area contributed by atoms with Gasteiger partial charge < -0.3 is 10.2 Å². The van der Waals surface area contributed by atoms with Crippen molar-refractivity contribution in [3.63, 3.8) is 0 Å². The Labute approximate surface area is 133 Å². The van der Waals surface area contributed by atoms with Crippen molar-refractivity contribution in [1.82, 2.24) is 10.2 Å². The summed E-state index contributed by atoms with van der Waals surface area (Å²) in [6, 6.07) is 6.86. The van der Waals surface area contributed by atoms with Crippen molar-refractivity contribution in [3.05, 3.63) is 32.7 Å². The maximum Gasteiger partial charge on any atom is 0.0221 e. The van der Waals surface area contributed by atoms with Crippen LogP contribution in [0.15, 0.2) is 27.1 Å². The monoisotopic (exact) mass is 388 g/mol. The number of nitrogens with zero attached hydrogens (tertiary/aromatic N) is 1. The van der Waals surface area contributed by atoms with Crippen LogP contribution in [-0.2, 0) is 6.54 Å². The summed E-state index contributed by atoms with van der Waals surface area (Å²) in [4.78, 5) is 2.58. The van der Waals surface area contributed by atoms with Gasteiger partial charge in [-0.25, -0.2) is 0 Å². The molecule has 1 aliphatic heterocycles. The Hall–Kier alpha value is 0.1000. The summed E-state index contributed by atoms with van der Waals surface area (Å²) < 4.78 is 2.31. The van der Waals surface area contributed by atoms with E-state index in [1.165, 1.54) is 42.4 Å². The van der Waals surface area contributed by atoms with Crippen molar-refractivity contribution in [3.8, 4) is 0 Å². The molecule has 0 amide bonds. The molecule has 1 heterocycles. The molecule has 0 bridgehead atoms. The lowest BCUT2D eigenvalue weighted by Crippen LogP contribution is -2.41. The number of likely N-dealkylation sites (tertiary alicyclic amines) is 1. The standard InChI is InChI=1S/C15H22Br2N2/c1-12(11-19-7-3-2-4-8-19)18-10-13-9-14(16)5-6-15(13)17/h5-6,9,12,18H,2-4,7-8,10-11H2,1H3. The van der Waals surface area contributed by atoms with E-state index in [-0.39, 0.29) is 0 Å². The maximum atomic E-state index is 3.62. The molecule has 0 aliphatic carbocycles. The molecule has 0 saturated carbocycles. The molecule has 1 N–H and O–H groups in total. The van der Waals surface area contributed by atoms with E-state index in [0.717, 1.165) is 17.6 Å². The van der Waals surface area contributed by atoms with Crippen molar-refractivity contribution in [2.75, 3.05) is 19.6 Å². The fourth-order valence-corrected chi connectivity index (χ4v) is 3.35. The van der Waals surface area contributed by atoms with Gasteiger partial charge in [0.25, 0.3) is 0 Å². The third-order valence-electron chi connectivity index (χ3n) is 3.63. The van der Waals surface area contributed by atoms with Gasteiger partial charge in [0.05, 0.1) is 0 Å². The van der Waals surface area contributed by atoms with Crippen molar-refractivity contribution in [1.29, 1.82) is 0 Å². The van der Waals surface area contributed by atoms with E-state index in [2.05, 4.69) is 67.2 Å². The second-order valence-corrected chi connectivity index (χ2v) is 7.15. The van der Waals surface area contributed by atoms with Crippen LogP contribution in [0.3, 0.4) is 0 Å². The summed E-state index contributed by atoms with van der Waals surface area (Å²) in [6.45, 7) is 6.89. The number of nitrogens with one attached hydrogen (secondary N) is 1. The predicted octanol–water partition coefficient (Wildman–Crippen LogP) is 4.18. The van der Waals surface area contributed by atoms with E-state index in [4.69, 9.17) is 0 Å². The van der Waals surface area contributed by atoms with Crippen LogP contribution in [0.5, 0.6) is 0 Å². The van der Waals surface area contributed by atoms with Crippen LogP contribution in [0.4, 0.5) is 0 Å². The lowest BCUT2D eigenvalue weighted by atomic mass is 10.1. The topological polar surface area (TPSA) is 15.3 Å². The fraction of sp³-hybridized carbons (Fsp3) is 0.600. The van der Waals surface area contributed by atoms with Crippen LogP contribution in [-0.4, -0.2) is 30.6 Å². The summed E-state index contributed by atoms with van der Waals surface area (Å²) in [5.41, 5.74) is 1.31. The first-order valence-corrected chi connectivity index (χ1v) is 8.63. The van der Waals surface area contributed by atoms with Crippen LogP contribution >= 0.6 is 31.9 Å². The number of piperidine rings is 1. The molecule has 2 rings (SSSR count). The van der Waals surface area contributed by atoms with Crippen LogP contribution in [0.2, 0.25) is 0 Å². The maximum absolute atomic E-state index is 3.62. The first kappa shape index (κ1) is 15.5. The lowest BCUT2D eigenvalue weighted by molar-refractivity contribution is 0.209. The van der Waals surface area contributed by atoms with E-state index in [9.17, 15) is 0 Å². The third kappa shape index (κ3) is 5.18. The van der Waals surface area contributed by atoms with Gasteiger partial charge in [-0.15, -0.1) is 0 Å². The first-order valence-electron chi connectivity index (χ1n) is 7.05. The van der Waals surface area contributed by atoms with Crippen molar-refractivity contribution in [2.45, 2.75) is 38.8 Å². The minimum absolute atomic E-state index is 0.531. The first-order chi connectivity index (χ1) is 9.15. The van der Waals surface area contributed by atoms with Crippen molar-refractivity contribution < 1.29 is 0 Å². The molecular weight excluding hydrogens is 368 g/mol. The second kappa shape index (κ2) is 7.77. The van der Waals surface area contributed by atoms with Gasteiger partial charge in [0, 0.05) is 28.1 Å². The van der Waals surface area contributed by atoms with E-state index in [1.807, 2.05) is 0 Å². The van der Waals surface area contributed by atoms with Crippen LogP contribution in [0.1, 0.15) is 31.7 Å². The highest BCUT2D eigenvalue weighted by molar-refractivity contribution is 9.11. The fourth-order valence-electron chi connectivity index (χ4n) is 2.56. The largest absolute Gasteiger partial charge is 0.309 e. The molecule has 1 aliphatic rings. The van der Waals surface area contributed by atoms with Gasteiger partial charge in [0.15, 0.2) is 0 Å². The lowest BCUT2D eigenvalue weighted by Gasteiger charge is -2.29. The Morgan fingerprint density at radius 3 is 2.68 bits per heavy atom. The normalized spacial score (nSPS) is 18.5. The van der Waals surface area contributed by atoms with Gasteiger partial charge in [-0.2, -0.15) is 0 Å². The van der Waals surface area contributed by atoms with E-state index < -0.39 is 0 Å². The number of hydrogen-bond acceptors (Lipinski definition) is 2. The zero-order valence-electron chi connectivity index (χ0n) is 11.5. The highest BCUT2D eigenvalue weighted by Gasteiger charge is 2.13. The van der Waals surface area contributed by atoms with Crippen LogP contribution in [0, 0.1) is 0 Å². The smallest absolute Gasteiger partial charge is 0.0221 e. The average molecular weight is 390 g/mol. The minimum atomic E-state index is 0.531. The van der Waals surface area contributed by atoms with Crippen LogP contribution in [0.25, 0.3) is 0 Å². The summed E-state index contributed by atoms with van der Waals surface area (Å²) in [6.07, 6.45) is 4.14. The Morgan fingerprint density at radius 2 is 1.95 bits per heavy atom. The van der Waals surface area contributed by atoms with Gasteiger partial charge in [0.2, 0.25) is 0 Å². The molecule has 0 radical (unpaired) electrons. The summed E-state index contributed by atoms with van der Waals surface area (Å²) in [5.74, 6) is 0. The third-order valence-corrected chi connectivity index (χ3v) is 4.90. The van der Waals surface area contributed by atoms with Gasteiger partial charge in [-0.3, -0.25) is 0 Å². The number of hydrogen-bond donors (Lipinski definition) is 1. The van der Waals surface area contributed by atoms with Gasteiger partial charge >= 0.3 is 0 Å². The number of halogens is 2. The van der Waals surface area contributed by atoms with Gasteiger partial charge in [-0.05, 0) is 56.6 Å². The Balaban J connectivity index is 1.79. The van der Waals surface area contributed by atoms with Crippen molar-refractivity contribution in [2.24, 2.45) is 0 Å². The molecule has 4 heteroatoms. The Bertz CT molecular complexity index is 403. The SMILES string of the molecule is CC(CN1CCCCC1)NCc1cc(Br)ccc1Br. The summed E-state index contributed by atoms with van der Waals surface area (Å²) >= 11 is 7.13. The van der Waals surface area contributed by atoms with Crippen LogP contribution < -0.4 is 5.32 Å². The number of benzene rings is 1. The highest BCUT2D eigenvalue weighted by atomic mass is 79.9. The van der Waals surface area contributed by atoms with E-state index in [1.54, 1.807) is 0 Å². The molecule has 1 aromatic rings. The Morgan fingerprint density at radius 1 is 1.21 bits per heavy atom. The highest BCUT2D eigenvalue weighted by Crippen LogP contribution is 2.21. The van der Waals surface area contributed by atoms with Gasteiger partial charge in [-0.1, -0.05) is 38.3 Å². The van der Waals surface area contributed by atoms with Gasteiger partial charge in [0.1, 0.15) is 0 Å². The summed E-state index contributed by atoms with van der Waals surface area (Å²) in [7, 11) is 0. The van der Waals surface area contributed by atoms with E-state index in [0.29, 0.717) is 6.04 Å². The molecule has 1 atom stereocenters. The van der Waals surface area contributed by atoms with E-state index >= 15 is 0 Å². The molecule has 1 unspecified atom stereocenters. The molecule has 19 heavy (non-hydrogen) atoms. The van der Waals surface area contributed by atoms with Crippen molar-refractivity contribution >= 4 is 31.9 Å². The number of rotatable bonds is 5. The summed E-state index contributed by atoms with van der Waals surface area (Å²) in [5, 5.41) is 3.62. The molecule has 0 aromatic heterocycles. The predicted molar refractivity (Wildman–Crippen MR) is 88.4 cm³/mol. The molecule has 1 fully saturated rings. The quantitative estimate of drug-likeness (QED) is 0.812. The average Bonchev–Trinajstić information content (AvgIpc) is 2.41. The molecule has 2 nitrogen and oxygen atoms in total. The zero-order chi connectivity index (χ0) is 13.7. The second-order valence-electron chi connectivity index (χ2n) is 5.38. The molecular formula is C15H22Br2N2. The molecule has 0 spiro atoms.